The van der Waals surface area contributed by atoms with Crippen molar-refractivity contribution in [3.05, 3.63) is 51.8 Å². The Balaban J connectivity index is 1.93. The smallest absolute Gasteiger partial charge is 0.258 e. The lowest BCUT2D eigenvalue weighted by Gasteiger charge is -2.02. The minimum atomic E-state index is -0.405. The van der Waals surface area contributed by atoms with Crippen molar-refractivity contribution in [3.8, 4) is 5.69 Å². The van der Waals surface area contributed by atoms with Crippen molar-refractivity contribution in [2.24, 2.45) is 0 Å². The molecule has 1 fully saturated rings. The van der Waals surface area contributed by atoms with Gasteiger partial charge in [0, 0.05) is 0 Å². The maximum Gasteiger partial charge on any atom is 0.310 e. The van der Waals surface area contributed by atoms with Crippen LogP contribution in [-0.2, 0) is 0 Å². The zero-order valence-electron chi connectivity index (χ0n) is 10.0. The zero-order chi connectivity index (χ0) is 12.7. The summed E-state index contributed by atoms with van der Waals surface area (Å²) in [5.74, 6) is 0.716. The van der Waals surface area contributed by atoms with Crippen LogP contribution in [0.4, 0.5) is 5.69 Å². The van der Waals surface area contributed by atoms with Gasteiger partial charge in [0.2, 0.25) is 0 Å². The molecule has 1 aromatic heterocycles. The van der Waals surface area contributed by atoms with Crippen LogP contribution in [0.15, 0.2) is 30.5 Å². The largest absolute Gasteiger partial charge is 0.310 e. The first-order chi connectivity index (χ1) is 8.65. The molecule has 1 aliphatic carbocycles. The minimum absolute atomic E-state index is 0.0567. The van der Waals surface area contributed by atoms with Gasteiger partial charge in [0.15, 0.2) is 0 Å². The quantitative estimate of drug-likeness (QED) is 0.615. The van der Waals surface area contributed by atoms with Gasteiger partial charge < -0.3 is 0 Å². The van der Waals surface area contributed by atoms with Crippen molar-refractivity contribution in [2.75, 3.05) is 0 Å². The number of hydrogen-bond acceptors (Lipinski definition) is 3. The Morgan fingerprint density at radius 2 is 2.00 bits per heavy atom. The van der Waals surface area contributed by atoms with E-state index in [0.717, 1.165) is 5.69 Å². The highest BCUT2D eigenvalue weighted by atomic mass is 16.6. The molecule has 0 saturated heterocycles. The molecule has 5 heteroatoms. The lowest BCUT2D eigenvalue weighted by Crippen LogP contribution is -1.94. The Hall–Kier alpha value is -2.17. The molecule has 0 unspecified atom stereocenters. The van der Waals surface area contributed by atoms with Crippen LogP contribution in [0.25, 0.3) is 5.69 Å². The van der Waals surface area contributed by atoms with Crippen molar-refractivity contribution in [2.45, 2.75) is 25.7 Å². The topological polar surface area (TPSA) is 61.0 Å². The molecule has 0 bridgehead atoms. The molecular formula is C13H13N3O2. The van der Waals surface area contributed by atoms with Crippen LogP contribution < -0.4 is 0 Å². The summed E-state index contributed by atoms with van der Waals surface area (Å²) in [5, 5.41) is 14.9. The number of rotatable bonds is 3. The highest BCUT2D eigenvalue weighted by Gasteiger charge is 2.23. The maximum atomic E-state index is 10.8. The van der Waals surface area contributed by atoms with E-state index in [0.29, 0.717) is 11.6 Å². The fraction of sp³-hybridized carbons (Fsp3) is 0.308. The van der Waals surface area contributed by atoms with E-state index in [-0.39, 0.29) is 5.69 Å². The first kappa shape index (κ1) is 11.0. The summed E-state index contributed by atoms with van der Waals surface area (Å²) in [5.41, 5.74) is 2.69. The van der Waals surface area contributed by atoms with Gasteiger partial charge in [0.25, 0.3) is 0 Å². The monoisotopic (exact) mass is 243 g/mol. The lowest BCUT2D eigenvalue weighted by molar-refractivity contribution is -0.385. The van der Waals surface area contributed by atoms with Gasteiger partial charge in [-0.2, -0.15) is 5.10 Å². The van der Waals surface area contributed by atoms with Crippen LogP contribution in [0.3, 0.4) is 0 Å². The summed E-state index contributed by atoms with van der Waals surface area (Å²) >= 11 is 0. The molecule has 1 aliphatic rings. The Labute approximate surface area is 104 Å². The third-order valence-electron chi connectivity index (χ3n) is 3.28. The number of aromatic nitrogens is 2. The van der Waals surface area contributed by atoms with E-state index in [1.54, 1.807) is 11.6 Å². The fourth-order valence-electron chi connectivity index (χ4n) is 2.08. The number of hydrogen-bond donors (Lipinski definition) is 0. The van der Waals surface area contributed by atoms with E-state index >= 15 is 0 Å². The third-order valence-corrected chi connectivity index (χ3v) is 3.28. The van der Waals surface area contributed by atoms with Gasteiger partial charge >= 0.3 is 5.69 Å². The molecule has 0 radical (unpaired) electrons. The van der Waals surface area contributed by atoms with E-state index < -0.39 is 4.92 Å². The molecule has 0 aliphatic heterocycles. The van der Waals surface area contributed by atoms with Crippen molar-refractivity contribution in [3.63, 3.8) is 0 Å². The molecule has 0 amide bonds. The van der Waals surface area contributed by atoms with E-state index in [9.17, 15) is 10.1 Å². The molecule has 92 valence electrons. The van der Waals surface area contributed by atoms with Crippen LogP contribution in [0.5, 0.6) is 0 Å². The Bertz CT molecular complexity index is 597. The number of aryl methyl sites for hydroxylation is 1. The number of nitrogens with zero attached hydrogens (tertiary/aromatic N) is 3. The van der Waals surface area contributed by atoms with Crippen molar-refractivity contribution < 1.29 is 4.92 Å². The van der Waals surface area contributed by atoms with E-state index in [1.165, 1.54) is 24.6 Å². The highest BCUT2D eigenvalue weighted by Crippen LogP contribution is 2.40. The normalized spacial score (nSPS) is 14.7. The van der Waals surface area contributed by atoms with Crippen molar-refractivity contribution in [1.29, 1.82) is 0 Å². The molecule has 5 nitrogen and oxygen atoms in total. The van der Waals surface area contributed by atoms with Gasteiger partial charge in [0.1, 0.15) is 11.9 Å². The van der Waals surface area contributed by atoms with Crippen molar-refractivity contribution >= 4 is 5.69 Å². The predicted molar refractivity (Wildman–Crippen MR) is 66.9 cm³/mol. The van der Waals surface area contributed by atoms with E-state index in [2.05, 4.69) is 17.2 Å². The second kappa shape index (κ2) is 3.94. The van der Waals surface area contributed by atoms with Crippen LogP contribution in [-0.4, -0.2) is 14.7 Å². The molecule has 18 heavy (non-hydrogen) atoms. The summed E-state index contributed by atoms with van der Waals surface area (Å²) in [4.78, 5) is 10.4. The average molecular weight is 243 g/mol. The van der Waals surface area contributed by atoms with Crippen LogP contribution in [0.1, 0.15) is 30.0 Å². The van der Waals surface area contributed by atoms with Crippen LogP contribution in [0, 0.1) is 17.0 Å². The molecule has 1 heterocycles. The molecule has 3 rings (SSSR count). The molecule has 1 saturated carbocycles. The summed E-state index contributed by atoms with van der Waals surface area (Å²) in [6.07, 6.45) is 4.00. The van der Waals surface area contributed by atoms with Gasteiger partial charge in [0.05, 0.1) is 10.6 Å². The first-order valence-corrected chi connectivity index (χ1v) is 5.96. The maximum absolute atomic E-state index is 10.8. The standard InChI is InChI=1S/C13H13N3O2/c1-9-13(16(17)18)8-15(14-9)12-6-4-11(5-7-12)10-2-3-10/h4-8,10H,2-3H2,1H3. The molecular weight excluding hydrogens is 230 g/mol. The Morgan fingerprint density at radius 1 is 1.33 bits per heavy atom. The van der Waals surface area contributed by atoms with Gasteiger partial charge in [-0.05, 0) is 43.4 Å². The molecule has 1 aromatic carbocycles. The van der Waals surface area contributed by atoms with E-state index in [4.69, 9.17) is 0 Å². The average Bonchev–Trinajstić information content (AvgIpc) is 3.12. The molecule has 0 atom stereocenters. The van der Waals surface area contributed by atoms with E-state index in [1.807, 2.05) is 12.1 Å². The van der Waals surface area contributed by atoms with Crippen LogP contribution in [0.2, 0.25) is 0 Å². The van der Waals surface area contributed by atoms with Gasteiger partial charge in [-0.1, -0.05) is 12.1 Å². The Kier molecular flexibility index (Phi) is 2.40. The van der Waals surface area contributed by atoms with Gasteiger partial charge in [-0.25, -0.2) is 4.68 Å². The summed E-state index contributed by atoms with van der Waals surface area (Å²) < 4.78 is 1.56. The molecule has 2 aromatic rings. The SMILES string of the molecule is Cc1nn(-c2ccc(C3CC3)cc2)cc1[N+](=O)[O-]. The molecule has 0 spiro atoms. The summed E-state index contributed by atoms with van der Waals surface area (Å²) in [7, 11) is 0. The van der Waals surface area contributed by atoms with Crippen molar-refractivity contribution in [1.82, 2.24) is 9.78 Å². The fourth-order valence-corrected chi connectivity index (χ4v) is 2.08. The Morgan fingerprint density at radius 3 is 2.50 bits per heavy atom. The summed E-state index contributed by atoms with van der Waals surface area (Å²) in [6, 6.07) is 8.08. The van der Waals surface area contributed by atoms with Crippen LogP contribution >= 0.6 is 0 Å². The lowest BCUT2D eigenvalue weighted by atomic mass is 10.1. The highest BCUT2D eigenvalue weighted by molar-refractivity contribution is 5.40. The number of nitro groups is 1. The second-order valence-corrected chi connectivity index (χ2v) is 4.67. The third kappa shape index (κ3) is 1.88. The molecule has 0 N–H and O–H groups in total. The summed E-state index contributed by atoms with van der Waals surface area (Å²) in [6.45, 7) is 1.65. The first-order valence-electron chi connectivity index (χ1n) is 5.96. The van der Waals surface area contributed by atoms with Gasteiger partial charge in [-0.15, -0.1) is 0 Å². The second-order valence-electron chi connectivity index (χ2n) is 4.67. The number of benzene rings is 1. The zero-order valence-corrected chi connectivity index (χ0v) is 10.0. The minimum Gasteiger partial charge on any atom is -0.258 e. The predicted octanol–water partition coefficient (Wildman–Crippen LogP) is 2.97. The van der Waals surface area contributed by atoms with Gasteiger partial charge in [-0.3, -0.25) is 10.1 Å².